The van der Waals surface area contributed by atoms with Gasteiger partial charge in [0.25, 0.3) is 0 Å². The van der Waals surface area contributed by atoms with Crippen molar-refractivity contribution in [1.29, 1.82) is 0 Å². The first-order valence-electron chi connectivity index (χ1n) is 7.83. The van der Waals surface area contributed by atoms with Crippen LogP contribution in [0.4, 0.5) is 0 Å². The van der Waals surface area contributed by atoms with Crippen LogP contribution in [0.3, 0.4) is 0 Å². The lowest BCUT2D eigenvalue weighted by atomic mass is 9.87. The Balaban J connectivity index is 1.58. The molecule has 0 spiro atoms. The average molecular weight is 318 g/mol. The molecule has 7 atom stereocenters. The van der Waals surface area contributed by atoms with Gasteiger partial charge in [0.15, 0.2) is 6.10 Å². The van der Waals surface area contributed by atoms with Crippen molar-refractivity contribution in [2.75, 3.05) is 0 Å². The molecule has 0 amide bonds. The van der Waals surface area contributed by atoms with Gasteiger partial charge in [-0.3, -0.25) is 0 Å². The number of carboxylic acid groups (broad SMARTS) is 1. The summed E-state index contributed by atoms with van der Waals surface area (Å²) in [6.07, 6.45) is -0.817. The highest BCUT2D eigenvalue weighted by Crippen LogP contribution is 2.50. The fraction of sp³-hybridized carbons (Fsp3) is 0.529. The van der Waals surface area contributed by atoms with E-state index in [4.69, 9.17) is 14.2 Å². The molecule has 6 nitrogen and oxygen atoms in total. The molecule has 4 bridgehead atoms. The van der Waals surface area contributed by atoms with Crippen LogP contribution in [0.5, 0.6) is 0 Å². The Kier molecular flexibility index (Phi) is 3.21. The third-order valence-corrected chi connectivity index (χ3v) is 5.29. The molecule has 0 radical (unpaired) electrons. The third kappa shape index (κ3) is 2.01. The van der Waals surface area contributed by atoms with E-state index in [-0.39, 0.29) is 47.4 Å². The van der Waals surface area contributed by atoms with Crippen molar-refractivity contribution in [3.8, 4) is 0 Å². The van der Waals surface area contributed by atoms with Crippen LogP contribution in [-0.2, 0) is 14.2 Å². The maximum atomic E-state index is 12.5. The standard InChI is InChI=1S/C17H18O6/c1-7-11-8(2)13-15(14(21-11)12(7)22-13)23-17(20)10-6-4-3-5-9(10)16(18)19/h3-8,11-15H,1-2H3,(H,18,19)/t7-,8+,11?,12+,13-,14-,15-/m0/s1. The largest absolute Gasteiger partial charge is 0.478 e. The summed E-state index contributed by atoms with van der Waals surface area (Å²) in [5.74, 6) is -1.37. The first-order valence-corrected chi connectivity index (χ1v) is 7.83. The number of ether oxygens (including phenoxy) is 3. The monoisotopic (exact) mass is 318 g/mol. The van der Waals surface area contributed by atoms with E-state index in [2.05, 4.69) is 6.92 Å². The fourth-order valence-electron chi connectivity index (χ4n) is 4.16. The molecule has 4 aliphatic heterocycles. The van der Waals surface area contributed by atoms with Crippen LogP contribution in [-0.4, -0.2) is 47.6 Å². The highest BCUT2D eigenvalue weighted by Gasteiger charge is 2.65. The molecular weight excluding hydrogens is 300 g/mol. The second-order valence-electron chi connectivity index (χ2n) is 6.57. The predicted molar refractivity (Wildman–Crippen MR) is 78.3 cm³/mol. The molecule has 0 aromatic heterocycles. The Labute approximate surface area is 133 Å². The Hall–Kier alpha value is -1.92. The first kappa shape index (κ1) is 14.7. The second-order valence-corrected chi connectivity index (χ2v) is 6.57. The number of aromatic carboxylic acids is 1. The first-order chi connectivity index (χ1) is 11.0. The number of carbonyl (C=O) groups excluding carboxylic acids is 1. The zero-order valence-corrected chi connectivity index (χ0v) is 12.8. The lowest BCUT2D eigenvalue weighted by Gasteiger charge is -2.38. The van der Waals surface area contributed by atoms with Crippen molar-refractivity contribution in [3.63, 3.8) is 0 Å². The lowest BCUT2D eigenvalue weighted by Crippen LogP contribution is -2.49. The number of benzene rings is 1. The van der Waals surface area contributed by atoms with E-state index in [0.29, 0.717) is 0 Å². The summed E-state index contributed by atoms with van der Waals surface area (Å²) in [6, 6.07) is 6.05. The minimum atomic E-state index is -1.15. The van der Waals surface area contributed by atoms with Crippen LogP contribution in [0.25, 0.3) is 0 Å². The Morgan fingerprint density at radius 3 is 2.26 bits per heavy atom. The summed E-state index contributed by atoms with van der Waals surface area (Å²) in [5, 5.41) is 9.21. The molecule has 6 heteroatoms. The van der Waals surface area contributed by atoms with Crippen LogP contribution in [0.15, 0.2) is 24.3 Å². The van der Waals surface area contributed by atoms with Crippen LogP contribution < -0.4 is 0 Å². The lowest BCUT2D eigenvalue weighted by molar-refractivity contribution is -0.152. The normalized spacial score (nSPS) is 40.3. The van der Waals surface area contributed by atoms with E-state index in [9.17, 15) is 14.7 Å². The van der Waals surface area contributed by atoms with Gasteiger partial charge in [-0.2, -0.15) is 0 Å². The Bertz CT molecular complexity index is 667. The van der Waals surface area contributed by atoms with Gasteiger partial charge in [0, 0.05) is 11.8 Å². The van der Waals surface area contributed by atoms with Crippen LogP contribution in [0.2, 0.25) is 0 Å². The smallest absolute Gasteiger partial charge is 0.339 e. The van der Waals surface area contributed by atoms with E-state index in [1.54, 1.807) is 12.1 Å². The van der Waals surface area contributed by atoms with Gasteiger partial charge < -0.3 is 19.3 Å². The second kappa shape index (κ2) is 5.04. The molecule has 4 heterocycles. The summed E-state index contributed by atoms with van der Waals surface area (Å²) >= 11 is 0. The van der Waals surface area contributed by atoms with Crippen molar-refractivity contribution in [2.45, 2.75) is 44.4 Å². The molecule has 122 valence electrons. The van der Waals surface area contributed by atoms with Crippen LogP contribution in [0, 0.1) is 11.8 Å². The van der Waals surface area contributed by atoms with E-state index < -0.39 is 18.0 Å². The van der Waals surface area contributed by atoms with Gasteiger partial charge in [0.1, 0.15) is 12.2 Å². The number of carboxylic acids is 1. The van der Waals surface area contributed by atoms with Gasteiger partial charge in [0.2, 0.25) is 0 Å². The average Bonchev–Trinajstić information content (AvgIpc) is 2.96. The van der Waals surface area contributed by atoms with Gasteiger partial charge in [0.05, 0.1) is 23.3 Å². The van der Waals surface area contributed by atoms with E-state index >= 15 is 0 Å². The Morgan fingerprint density at radius 2 is 1.57 bits per heavy atom. The summed E-state index contributed by atoms with van der Waals surface area (Å²) < 4.78 is 17.6. The summed E-state index contributed by atoms with van der Waals surface area (Å²) in [6.45, 7) is 4.13. The zero-order valence-electron chi connectivity index (χ0n) is 12.8. The minimum absolute atomic E-state index is 0.0475. The number of rotatable bonds is 3. The Morgan fingerprint density at radius 1 is 0.957 bits per heavy atom. The fourth-order valence-corrected chi connectivity index (χ4v) is 4.16. The summed E-state index contributed by atoms with van der Waals surface area (Å²) in [7, 11) is 0. The summed E-state index contributed by atoms with van der Waals surface area (Å²) in [4.78, 5) is 23.7. The molecule has 1 aromatic rings. The highest BCUT2D eigenvalue weighted by molar-refractivity contribution is 6.02. The highest BCUT2D eigenvalue weighted by atomic mass is 16.6. The molecule has 4 aliphatic rings. The van der Waals surface area contributed by atoms with Crippen molar-refractivity contribution in [3.05, 3.63) is 35.4 Å². The van der Waals surface area contributed by atoms with Gasteiger partial charge in [-0.05, 0) is 12.1 Å². The van der Waals surface area contributed by atoms with Gasteiger partial charge in [-0.1, -0.05) is 26.0 Å². The molecule has 1 unspecified atom stereocenters. The minimum Gasteiger partial charge on any atom is -0.478 e. The molecule has 23 heavy (non-hydrogen) atoms. The molecule has 4 fully saturated rings. The van der Waals surface area contributed by atoms with E-state index in [0.717, 1.165) is 0 Å². The van der Waals surface area contributed by atoms with Crippen molar-refractivity contribution in [2.24, 2.45) is 11.8 Å². The molecular formula is C17H18O6. The van der Waals surface area contributed by atoms with Crippen molar-refractivity contribution < 1.29 is 28.9 Å². The topological polar surface area (TPSA) is 82.1 Å². The summed E-state index contributed by atoms with van der Waals surface area (Å²) in [5.41, 5.74) is -0.00812. The van der Waals surface area contributed by atoms with E-state index in [1.165, 1.54) is 12.1 Å². The number of carbonyl (C=O) groups is 2. The van der Waals surface area contributed by atoms with Gasteiger partial charge >= 0.3 is 11.9 Å². The van der Waals surface area contributed by atoms with Crippen LogP contribution in [0.1, 0.15) is 34.6 Å². The maximum absolute atomic E-state index is 12.5. The molecule has 4 saturated heterocycles. The SMILES string of the molecule is C[C@@H]1C2O[C@@H]3[C@@H](OC(=O)c4ccccc4C(=O)O)[C@H]1O[C@@H]3[C@H]2C. The molecule has 1 N–H and O–H groups in total. The number of hydrogen-bond donors (Lipinski definition) is 1. The van der Waals surface area contributed by atoms with Crippen molar-refractivity contribution >= 4 is 11.9 Å². The van der Waals surface area contributed by atoms with Crippen LogP contribution >= 0.6 is 0 Å². The van der Waals surface area contributed by atoms with Crippen molar-refractivity contribution in [1.82, 2.24) is 0 Å². The molecule has 5 rings (SSSR count). The van der Waals surface area contributed by atoms with Gasteiger partial charge in [-0.25, -0.2) is 9.59 Å². The predicted octanol–water partition coefficient (Wildman–Crippen LogP) is 1.73. The number of hydrogen-bond acceptors (Lipinski definition) is 5. The maximum Gasteiger partial charge on any atom is 0.339 e. The quantitative estimate of drug-likeness (QED) is 0.855. The third-order valence-electron chi connectivity index (χ3n) is 5.29. The van der Waals surface area contributed by atoms with Gasteiger partial charge in [-0.15, -0.1) is 0 Å². The zero-order chi connectivity index (χ0) is 16.3. The molecule has 1 aromatic carbocycles. The van der Waals surface area contributed by atoms with E-state index in [1.807, 2.05) is 6.92 Å². The molecule has 0 saturated carbocycles. The number of esters is 1. The molecule has 0 aliphatic carbocycles.